The topological polar surface area (TPSA) is 4.93 Å². The van der Waals surface area contributed by atoms with Gasteiger partial charge in [-0.3, -0.25) is 0 Å². The van der Waals surface area contributed by atoms with Gasteiger partial charge in [0.25, 0.3) is 0 Å². The summed E-state index contributed by atoms with van der Waals surface area (Å²) in [6.45, 7) is 0. The van der Waals surface area contributed by atoms with E-state index in [2.05, 4.69) is 0 Å². The minimum absolute atomic E-state index is 0.0850. The standard InChI is InChI=1S/C30H20ClN/c31-23-18-19-27-26-14-7-8-17-28(26)32(29(27)20-23)30-24(21-10-3-1-4-11-21)15-9-16-25(30)22-12-5-2-6-13-22/h1-20H/i1D,2D,3D,4D,5D,6D,10D,11D,12D,13D. The van der Waals surface area contributed by atoms with Crippen LogP contribution in [0.25, 0.3) is 49.7 Å². The Hall–Kier alpha value is -3.81. The van der Waals surface area contributed by atoms with E-state index < -0.39 is 60.4 Å². The molecule has 6 rings (SSSR count). The molecule has 152 valence electrons. The fourth-order valence-electron chi connectivity index (χ4n) is 4.14. The molecule has 6 aromatic rings. The van der Waals surface area contributed by atoms with E-state index >= 15 is 0 Å². The zero-order valence-electron chi connectivity index (χ0n) is 26.6. The molecule has 0 spiro atoms. The molecule has 0 aliphatic heterocycles. The van der Waals surface area contributed by atoms with Crippen molar-refractivity contribution < 1.29 is 13.7 Å². The summed E-state index contributed by atoms with van der Waals surface area (Å²) in [7, 11) is 0. The van der Waals surface area contributed by atoms with Crippen LogP contribution in [0.5, 0.6) is 0 Å². The average molecular weight is 440 g/mol. The number of aromatic nitrogens is 1. The van der Waals surface area contributed by atoms with Gasteiger partial charge in [-0.2, -0.15) is 0 Å². The van der Waals surface area contributed by atoms with E-state index in [9.17, 15) is 0 Å². The van der Waals surface area contributed by atoms with Gasteiger partial charge >= 0.3 is 0 Å². The van der Waals surface area contributed by atoms with Gasteiger partial charge in [0.1, 0.15) is 0 Å². The highest BCUT2D eigenvalue weighted by molar-refractivity contribution is 6.31. The van der Waals surface area contributed by atoms with Crippen molar-refractivity contribution in [3.63, 3.8) is 0 Å². The van der Waals surface area contributed by atoms with Crippen molar-refractivity contribution in [3.8, 4) is 27.9 Å². The van der Waals surface area contributed by atoms with Crippen LogP contribution in [-0.4, -0.2) is 4.57 Å². The minimum atomic E-state index is -0.541. The van der Waals surface area contributed by atoms with Crippen LogP contribution in [0.4, 0.5) is 0 Å². The lowest BCUT2D eigenvalue weighted by Crippen LogP contribution is -2.00. The van der Waals surface area contributed by atoms with Crippen molar-refractivity contribution in [2.24, 2.45) is 0 Å². The first-order chi connectivity index (χ1) is 20.0. The molecule has 0 aliphatic carbocycles. The maximum absolute atomic E-state index is 8.75. The second-order valence-electron chi connectivity index (χ2n) is 7.22. The third-order valence-corrected chi connectivity index (χ3v) is 5.67. The Balaban J connectivity index is 1.90. The number of para-hydroxylation sites is 2. The first kappa shape index (κ1) is 11.2. The number of fused-ring (bicyclic) bond motifs is 3. The zero-order chi connectivity index (χ0) is 30.2. The predicted molar refractivity (Wildman–Crippen MR) is 137 cm³/mol. The fourth-order valence-corrected chi connectivity index (χ4v) is 4.31. The van der Waals surface area contributed by atoms with E-state index in [4.69, 9.17) is 25.3 Å². The van der Waals surface area contributed by atoms with Gasteiger partial charge in [0.05, 0.1) is 30.4 Å². The van der Waals surface area contributed by atoms with E-state index in [1.807, 2.05) is 34.9 Å². The second kappa shape index (κ2) is 7.71. The summed E-state index contributed by atoms with van der Waals surface area (Å²) in [5.74, 6) is 0. The highest BCUT2D eigenvalue weighted by Crippen LogP contribution is 2.41. The molecule has 0 radical (unpaired) electrons. The molecule has 0 amide bonds. The van der Waals surface area contributed by atoms with Gasteiger partial charge in [-0.25, -0.2) is 0 Å². The number of rotatable bonds is 3. The van der Waals surface area contributed by atoms with Gasteiger partial charge in [0.2, 0.25) is 0 Å². The van der Waals surface area contributed by atoms with Crippen molar-refractivity contribution in [2.75, 3.05) is 0 Å². The van der Waals surface area contributed by atoms with Crippen LogP contribution in [0, 0.1) is 0 Å². The van der Waals surface area contributed by atoms with Crippen LogP contribution >= 0.6 is 11.6 Å². The maximum atomic E-state index is 8.75. The Morgan fingerprint density at radius 3 is 1.84 bits per heavy atom. The Kier molecular flexibility index (Phi) is 2.69. The lowest BCUT2D eigenvalue weighted by atomic mass is 9.95. The van der Waals surface area contributed by atoms with Gasteiger partial charge in [-0.15, -0.1) is 0 Å². The summed E-state index contributed by atoms with van der Waals surface area (Å²) >= 11 is 6.46. The highest BCUT2D eigenvalue weighted by atomic mass is 35.5. The molecule has 0 saturated carbocycles. The summed E-state index contributed by atoms with van der Waals surface area (Å²) in [4.78, 5) is 0. The quantitative estimate of drug-likeness (QED) is 0.259. The predicted octanol–water partition coefficient (Wildman–Crippen LogP) is 8.77. The Morgan fingerprint density at radius 1 is 0.594 bits per heavy atom. The van der Waals surface area contributed by atoms with Crippen molar-refractivity contribution in [3.05, 3.63) is 126 Å². The number of hydrogen-bond acceptors (Lipinski definition) is 0. The number of benzene rings is 5. The molecule has 0 bridgehead atoms. The normalized spacial score (nSPS) is 15.7. The lowest BCUT2D eigenvalue weighted by Gasteiger charge is -2.19. The van der Waals surface area contributed by atoms with Gasteiger partial charge in [0, 0.05) is 26.9 Å². The van der Waals surface area contributed by atoms with Crippen LogP contribution < -0.4 is 0 Å². The first-order valence-corrected chi connectivity index (χ1v) is 10.3. The second-order valence-corrected chi connectivity index (χ2v) is 7.65. The summed E-state index contributed by atoms with van der Waals surface area (Å²) < 4.78 is 86.3. The van der Waals surface area contributed by atoms with E-state index in [1.165, 1.54) is 0 Å². The van der Waals surface area contributed by atoms with Crippen LogP contribution in [0.1, 0.15) is 13.7 Å². The first-order valence-electron chi connectivity index (χ1n) is 14.9. The summed E-state index contributed by atoms with van der Waals surface area (Å²) in [6.07, 6.45) is 0. The third kappa shape index (κ3) is 3.02. The van der Waals surface area contributed by atoms with E-state index in [1.54, 1.807) is 30.3 Å². The summed E-state index contributed by atoms with van der Waals surface area (Å²) in [5.41, 5.74) is 1.86. The molecule has 0 saturated heterocycles. The van der Waals surface area contributed by atoms with Gasteiger partial charge in [-0.1, -0.05) is 114 Å². The molecule has 0 atom stereocenters. The molecule has 2 heteroatoms. The molecule has 1 aromatic heterocycles. The zero-order valence-corrected chi connectivity index (χ0v) is 17.4. The Labute approximate surface area is 206 Å². The van der Waals surface area contributed by atoms with Crippen LogP contribution in [0.2, 0.25) is 5.02 Å². The molecular formula is C30H20ClN. The number of halogens is 1. The van der Waals surface area contributed by atoms with Gasteiger partial charge in [-0.05, 0) is 29.3 Å². The van der Waals surface area contributed by atoms with Crippen molar-refractivity contribution in [2.45, 2.75) is 0 Å². The maximum Gasteiger partial charge on any atom is 0.0629 e. The van der Waals surface area contributed by atoms with Crippen LogP contribution in [-0.2, 0) is 0 Å². The van der Waals surface area contributed by atoms with E-state index in [0.717, 1.165) is 10.8 Å². The monoisotopic (exact) mass is 439 g/mol. The molecule has 1 heterocycles. The smallest absolute Gasteiger partial charge is 0.0629 e. The molecule has 0 N–H and O–H groups in total. The van der Waals surface area contributed by atoms with Gasteiger partial charge < -0.3 is 4.57 Å². The van der Waals surface area contributed by atoms with Crippen molar-refractivity contribution in [1.29, 1.82) is 0 Å². The molecule has 0 fully saturated rings. The third-order valence-electron chi connectivity index (χ3n) is 5.43. The summed E-state index contributed by atoms with van der Waals surface area (Å²) in [6, 6.07) is 12.7. The molecular weight excluding hydrogens is 410 g/mol. The van der Waals surface area contributed by atoms with Crippen molar-refractivity contribution >= 4 is 33.4 Å². The lowest BCUT2D eigenvalue weighted by molar-refractivity contribution is 1.18. The average Bonchev–Trinajstić information content (AvgIpc) is 3.30. The van der Waals surface area contributed by atoms with Crippen LogP contribution in [0.3, 0.4) is 0 Å². The number of nitrogens with zero attached hydrogens (tertiary/aromatic N) is 1. The fraction of sp³-hybridized carbons (Fsp3) is 0. The largest absolute Gasteiger partial charge is 0.308 e. The number of hydrogen-bond donors (Lipinski definition) is 0. The Bertz CT molecular complexity index is 1970. The SMILES string of the molecule is [2H]c1c([2H])c([2H])c(-c2cccc(-c3c([2H])c([2H])c([2H])c([2H])c3[2H])c2-n2c3ccccc3c3ccc(Cl)cc32)c([2H])c1[2H]. The summed E-state index contributed by atoms with van der Waals surface area (Å²) in [5, 5.41) is 2.08. The van der Waals surface area contributed by atoms with Crippen LogP contribution in [0.15, 0.2) is 121 Å². The molecule has 5 aromatic carbocycles. The molecule has 0 aliphatic rings. The molecule has 0 unspecified atom stereocenters. The highest BCUT2D eigenvalue weighted by Gasteiger charge is 2.19. The Morgan fingerprint density at radius 2 is 1.19 bits per heavy atom. The van der Waals surface area contributed by atoms with Gasteiger partial charge in [0.15, 0.2) is 0 Å². The minimum Gasteiger partial charge on any atom is -0.308 e. The molecule has 1 nitrogen and oxygen atoms in total. The van der Waals surface area contributed by atoms with Crippen molar-refractivity contribution in [1.82, 2.24) is 4.57 Å². The molecule has 32 heavy (non-hydrogen) atoms. The van der Waals surface area contributed by atoms with E-state index in [0.29, 0.717) is 16.1 Å². The van der Waals surface area contributed by atoms with E-state index in [-0.39, 0.29) is 27.9 Å².